The molecule has 31 heavy (non-hydrogen) atoms. The zero-order valence-corrected chi connectivity index (χ0v) is 17.2. The van der Waals surface area contributed by atoms with Gasteiger partial charge >= 0.3 is 0 Å². The van der Waals surface area contributed by atoms with Crippen molar-refractivity contribution in [1.82, 2.24) is 10.9 Å². The molecule has 1 unspecified atom stereocenters. The first-order valence-electron chi connectivity index (χ1n) is 9.71. The Hall–Kier alpha value is -3.95. The molecular formula is C21H24N4O6. The van der Waals surface area contributed by atoms with Gasteiger partial charge in [0.15, 0.2) is 6.10 Å². The van der Waals surface area contributed by atoms with E-state index in [1.54, 1.807) is 12.1 Å². The second-order valence-corrected chi connectivity index (χ2v) is 6.68. The molecule has 10 nitrogen and oxygen atoms in total. The Bertz CT molecular complexity index is 928. The number of nitro groups is 1. The number of rotatable bonds is 9. The van der Waals surface area contributed by atoms with Gasteiger partial charge in [-0.25, -0.2) is 0 Å². The summed E-state index contributed by atoms with van der Waals surface area (Å²) >= 11 is 0. The molecule has 0 spiro atoms. The highest BCUT2D eigenvalue weighted by Crippen LogP contribution is 2.18. The molecule has 1 atom stereocenters. The predicted octanol–water partition coefficient (Wildman–Crippen LogP) is 2.95. The van der Waals surface area contributed by atoms with Gasteiger partial charge in [-0.15, -0.1) is 0 Å². The van der Waals surface area contributed by atoms with Crippen LogP contribution in [-0.4, -0.2) is 28.7 Å². The Morgan fingerprint density at radius 3 is 2.26 bits per heavy atom. The van der Waals surface area contributed by atoms with Gasteiger partial charge in [0.05, 0.1) is 4.92 Å². The monoisotopic (exact) mass is 428 g/mol. The van der Waals surface area contributed by atoms with Gasteiger partial charge in [0.2, 0.25) is 5.91 Å². The largest absolute Gasteiger partial charge is 0.481 e. The molecular weight excluding hydrogens is 404 g/mol. The third kappa shape index (κ3) is 7.42. The summed E-state index contributed by atoms with van der Waals surface area (Å²) < 4.78 is 5.40. The first kappa shape index (κ1) is 23.3. The van der Waals surface area contributed by atoms with E-state index in [0.717, 1.165) is 12.8 Å². The Labute approximate surface area is 179 Å². The standard InChI is InChI=1S/C21H24N4O6/c1-3-4-5-19(26)22-16-8-6-15(7-9-16)21(28)24-23-20(27)14(2)31-18-12-10-17(11-13-18)25(29)30/h6-14H,3-5H2,1-2H3,(H,22,26)(H,23,27)(H,24,28). The highest BCUT2D eigenvalue weighted by atomic mass is 16.6. The fourth-order valence-corrected chi connectivity index (χ4v) is 2.46. The number of hydrazine groups is 1. The van der Waals surface area contributed by atoms with Gasteiger partial charge in [-0.3, -0.25) is 35.3 Å². The second kappa shape index (κ2) is 11.3. The molecule has 0 saturated carbocycles. The van der Waals surface area contributed by atoms with Crippen LogP contribution in [0.4, 0.5) is 11.4 Å². The molecule has 0 aliphatic carbocycles. The minimum absolute atomic E-state index is 0.0895. The lowest BCUT2D eigenvalue weighted by Gasteiger charge is -2.15. The molecule has 3 amide bonds. The Morgan fingerprint density at radius 1 is 1.03 bits per heavy atom. The molecule has 0 aliphatic rings. The van der Waals surface area contributed by atoms with Gasteiger partial charge in [0.25, 0.3) is 17.5 Å². The number of nitrogens with one attached hydrogen (secondary N) is 3. The predicted molar refractivity (Wildman–Crippen MR) is 113 cm³/mol. The normalized spacial score (nSPS) is 11.2. The number of unbranched alkanes of at least 4 members (excludes halogenated alkanes) is 1. The van der Waals surface area contributed by atoms with Crippen LogP contribution in [-0.2, 0) is 9.59 Å². The fourth-order valence-electron chi connectivity index (χ4n) is 2.46. The minimum atomic E-state index is -0.956. The SMILES string of the molecule is CCCCC(=O)Nc1ccc(C(=O)NNC(=O)C(C)Oc2ccc([N+](=O)[O-])cc2)cc1. The van der Waals surface area contributed by atoms with Gasteiger partial charge < -0.3 is 10.1 Å². The Morgan fingerprint density at radius 2 is 1.68 bits per heavy atom. The summed E-state index contributed by atoms with van der Waals surface area (Å²) in [5.74, 6) is -0.962. The maximum absolute atomic E-state index is 12.2. The van der Waals surface area contributed by atoms with Crippen molar-refractivity contribution in [2.24, 2.45) is 0 Å². The molecule has 0 fully saturated rings. The van der Waals surface area contributed by atoms with Crippen LogP contribution >= 0.6 is 0 Å². The second-order valence-electron chi connectivity index (χ2n) is 6.68. The maximum Gasteiger partial charge on any atom is 0.279 e. The van der Waals surface area contributed by atoms with Crippen LogP contribution < -0.4 is 20.9 Å². The van der Waals surface area contributed by atoms with Crippen molar-refractivity contribution in [2.75, 3.05) is 5.32 Å². The van der Waals surface area contributed by atoms with E-state index in [1.807, 2.05) is 6.92 Å². The highest BCUT2D eigenvalue weighted by Gasteiger charge is 2.16. The number of ether oxygens (including phenoxy) is 1. The summed E-state index contributed by atoms with van der Waals surface area (Å²) in [6.07, 6.45) is 1.21. The maximum atomic E-state index is 12.2. The molecule has 0 heterocycles. The number of benzene rings is 2. The molecule has 0 aliphatic heterocycles. The zero-order valence-electron chi connectivity index (χ0n) is 17.2. The van der Waals surface area contributed by atoms with Crippen molar-refractivity contribution < 1.29 is 24.0 Å². The van der Waals surface area contributed by atoms with Crippen LogP contribution in [0.5, 0.6) is 5.75 Å². The molecule has 0 bridgehead atoms. The van der Waals surface area contributed by atoms with Crippen LogP contribution in [0.3, 0.4) is 0 Å². The third-order valence-electron chi connectivity index (χ3n) is 4.22. The zero-order chi connectivity index (χ0) is 22.8. The van der Waals surface area contributed by atoms with Gasteiger partial charge in [-0.05, 0) is 49.7 Å². The van der Waals surface area contributed by atoms with Crippen LogP contribution in [0.1, 0.15) is 43.5 Å². The van der Waals surface area contributed by atoms with E-state index in [9.17, 15) is 24.5 Å². The summed E-state index contributed by atoms with van der Waals surface area (Å²) in [5.41, 5.74) is 5.31. The number of carbonyl (C=O) groups excluding carboxylic acids is 3. The van der Waals surface area contributed by atoms with Crippen LogP contribution in [0.2, 0.25) is 0 Å². The first-order valence-corrected chi connectivity index (χ1v) is 9.71. The Kier molecular flexibility index (Phi) is 8.50. The molecule has 0 saturated heterocycles. The van der Waals surface area contributed by atoms with Crippen LogP contribution in [0.25, 0.3) is 0 Å². The average molecular weight is 428 g/mol. The summed E-state index contributed by atoms with van der Waals surface area (Å²) in [6.45, 7) is 3.47. The van der Waals surface area contributed by atoms with Gasteiger partial charge in [-0.1, -0.05) is 13.3 Å². The summed E-state index contributed by atoms with van der Waals surface area (Å²) in [6, 6.07) is 11.5. The number of hydrogen-bond donors (Lipinski definition) is 3. The minimum Gasteiger partial charge on any atom is -0.481 e. The Balaban J connectivity index is 1.82. The molecule has 0 aromatic heterocycles. The van der Waals surface area contributed by atoms with Crippen LogP contribution in [0, 0.1) is 10.1 Å². The van der Waals surface area contributed by atoms with E-state index in [2.05, 4.69) is 16.2 Å². The molecule has 3 N–H and O–H groups in total. The lowest BCUT2D eigenvalue weighted by Crippen LogP contribution is -2.47. The van der Waals surface area contributed by atoms with Crippen molar-refractivity contribution in [3.8, 4) is 5.75 Å². The molecule has 164 valence electrons. The van der Waals surface area contributed by atoms with E-state index < -0.39 is 22.8 Å². The van der Waals surface area contributed by atoms with E-state index in [-0.39, 0.29) is 22.9 Å². The van der Waals surface area contributed by atoms with Crippen molar-refractivity contribution in [2.45, 2.75) is 39.2 Å². The van der Waals surface area contributed by atoms with Gasteiger partial charge in [0.1, 0.15) is 5.75 Å². The number of carbonyl (C=O) groups is 3. The van der Waals surface area contributed by atoms with Gasteiger partial charge in [0, 0.05) is 29.8 Å². The smallest absolute Gasteiger partial charge is 0.279 e. The number of hydrogen-bond acceptors (Lipinski definition) is 6. The van der Waals surface area contributed by atoms with Crippen molar-refractivity contribution in [3.63, 3.8) is 0 Å². The number of anilines is 1. The number of nitro benzene ring substituents is 1. The lowest BCUT2D eigenvalue weighted by atomic mass is 10.2. The summed E-state index contributed by atoms with van der Waals surface area (Å²) in [7, 11) is 0. The third-order valence-corrected chi connectivity index (χ3v) is 4.22. The fraction of sp³-hybridized carbons (Fsp3) is 0.286. The van der Waals surface area contributed by atoms with E-state index in [1.165, 1.54) is 43.3 Å². The molecule has 10 heteroatoms. The lowest BCUT2D eigenvalue weighted by molar-refractivity contribution is -0.384. The van der Waals surface area contributed by atoms with E-state index >= 15 is 0 Å². The number of non-ortho nitro benzene ring substituents is 1. The number of nitrogens with zero attached hydrogens (tertiary/aromatic N) is 1. The molecule has 0 radical (unpaired) electrons. The van der Waals surface area contributed by atoms with Gasteiger partial charge in [-0.2, -0.15) is 0 Å². The first-order chi connectivity index (χ1) is 14.8. The van der Waals surface area contributed by atoms with E-state index in [0.29, 0.717) is 12.1 Å². The topological polar surface area (TPSA) is 140 Å². The van der Waals surface area contributed by atoms with Crippen LogP contribution in [0.15, 0.2) is 48.5 Å². The quantitative estimate of drug-likeness (QED) is 0.414. The van der Waals surface area contributed by atoms with Crippen molar-refractivity contribution in [3.05, 3.63) is 64.2 Å². The summed E-state index contributed by atoms with van der Waals surface area (Å²) in [5, 5.41) is 13.4. The van der Waals surface area contributed by atoms with Crippen molar-refractivity contribution >= 4 is 29.1 Å². The summed E-state index contributed by atoms with van der Waals surface area (Å²) in [4.78, 5) is 46.1. The van der Waals surface area contributed by atoms with E-state index in [4.69, 9.17) is 4.74 Å². The van der Waals surface area contributed by atoms with Crippen molar-refractivity contribution in [1.29, 1.82) is 0 Å². The number of amides is 3. The molecule has 2 aromatic rings. The molecule has 2 rings (SSSR count). The highest BCUT2D eigenvalue weighted by molar-refractivity contribution is 5.97. The average Bonchev–Trinajstić information content (AvgIpc) is 2.76. The molecule has 2 aromatic carbocycles.